The lowest BCUT2D eigenvalue weighted by Crippen LogP contribution is -2.56. The molecule has 0 radical (unpaired) electrons. The topological polar surface area (TPSA) is 18.5 Å². The van der Waals surface area contributed by atoms with Gasteiger partial charge in [-0.2, -0.15) is 0 Å². The molecule has 78 valence electrons. The van der Waals surface area contributed by atoms with Crippen LogP contribution in [0.3, 0.4) is 0 Å². The average molecular weight is 202 g/mol. The van der Waals surface area contributed by atoms with E-state index in [1.54, 1.807) is 0 Å². The number of hydrogen-bond donors (Lipinski definition) is 0. The summed E-state index contributed by atoms with van der Waals surface area (Å²) in [6.07, 6.45) is 3.68. The number of ether oxygens (including phenoxy) is 1. The molecule has 0 N–H and O–H groups in total. The van der Waals surface area contributed by atoms with Crippen molar-refractivity contribution in [2.45, 2.75) is 51.4 Å². The average Bonchev–Trinajstić information content (AvgIpc) is 1.92. The van der Waals surface area contributed by atoms with Crippen molar-refractivity contribution >= 4 is 8.32 Å². The lowest BCUT2D eigenvalue weighted by molar-refractivity contribution is -0.170. The van der Waals surface area contributed by atoms with Crippen LogP contribution >= 0.6 is 0 Å². The minimum atomic E-state index is -1.39. The van der Waals surface area contributed by atoms with Crippen molar-refractivity contribution in [3.05, 3.63) is 0 Å². The van der Waals surface area contributed by atoms with Crippen LogP contribution in [0.25, 0.3) is 0 Å². The smallest absolute Gasteiger partial charge is 0.184 e. The van der Waals surface area contributed by atoms with Crippen molar-refractivity contribution in [2.75, 3.05) is 13.2 Å². The zero-order chi connectivity index (χ0) is 9.95. The first kappa shape index (κ1) is 11.2. The summed E-state index contributed by atoms with van der Waals surface area (Å²) >= 11 is 0. The van der Waals surface area contributed by atoms with Crippen LogP contribution in [0.5, 0.6) is 0 Å². The summed E-state index contributed by atoms with van der Waals surface area (Å²) in [5.74, 6) is 0. The molecule has 0 amide bonds. The maximum absolute atomic E-state index is 6.18. The molecule has 0 bridgehead atoms. The Morgan fingerprint density at radius 1 is 1.31 bits per heavy atom. The molecule has 0 aromatic carbocycles. The SMILES string of the molecule is CCCCC1(O[Si](C)(C)C)COC1. The number of rotatable bonds is 5. The molecular formula is C10H22O2Si. The maximum atomic E-state index is 6.18. The van der Waals surface area contributed by atoms with Gasteiger partial charge in [-0.15, -0.1) is 0 Å². The van der Waals surface area contributed by atoms with Gasteiger partial charge in [0, 0.05) is 0 Å². The fraction of sp³-hybridized carbons (Fsp3) is 1.00. The van der Waals surface area contributed by atoms with Gasteiger partial charge in [0.2, 0.25) is 0 Å². The Labute approximate surface area is 82.7 Å². The molecule has 0 aliphatic carbocycles. The molecule has 3 heteroatoms. The van der Waals surface area contributed by atoms with Gasteiger partial charge in [0.05, 0.1) is 13.2 Å². The summed E-state index contributed by atoms with van der Waals surface area (Å²) in [6.45, 7) is 10.6. The first-order valence-electron chi connectivity index (χ1n) is 5.25. The molecule has 0 unspecified atom stereocenters. The van der Waals surface area contributed by atoms with Gasteiger partial charge in [-0.1, -0.05) is 19.8 Å². The van der Waals surface area contributed by atoms with Crippen LogP contribution in [-0.4, -0.2) is 27.1 Å². The normalized spacial score (nSPS) is 21.2. The van der Waals surface area contributed by atoms with Gasteiger partial charge in [0.1, 0.15) is 5.60 Å². The summed E-state index contributed by atoms with van der Waals surface area (Å²) in [6, 6.07) is 0. The van der Waals surface area contributed by atoms with Crippen LogP contribution in [0.15, 0.2) is 0 Å². The molecule has 1 saturated heterocycles. The van der Waals surface area contributed by atoms with E-state index in [9.17, 15) is 0 Å². The molecule has 13 heavy (non-hydrogen) atoms. The van der Waals surface area contributed by atoms with Gasteiger partial charge in [-0.05, 0) is 26.1 Å². The van der Waals surface area contributed by atoms with Crippen LogP contribution in [-0.2, 0) is 9.16 Å². The van der Waals surface area contributed by atoms with E-state index >= 15 is 0 Å². The van der Waals surface area contributed by atoms with E-state index in [4.69, 9.17) is 9.16 Å². The van der Waals surface area contributed by atoms with E-state index in [1.807, 2.05) is 0 Å². The standard InChI is InChI=1S/C10H22O2Si/c1-5-6-7-10(8-11-9-10)12-13(2,3)4/h5-9H2,1-4H3. The van der Waals surface area contributed by atoms with E-state index in [-0.39, 0.29) is 5.60 Å². The predicted molar refractivity (Wildman–Crippen MR) is 57.5 cm³/mol. The van der Waals surface area contributed by atoms with Gasteiger partial charge in [0.15, 0.2) is 8.32 Å². The minimum Gasteiger partial charge on any atom is -0.407 e. The highest BCUT2D eigenvalue weighted by molar-refractivity contribution is 6.69. The quantitative estimate of drug-likeness (QED) is 0.638. The summed E-state index contributed by atoms with van der Waals surface area (Å²) in [5.41, 5.74) is 0.0977. The largest absolute Gasteiger partial charge is 0.407 e. The van der Waals surface area contributed by atoms with Gasteiger partial charge >= 0.3 is 0 Å². The van der Waals surface area contributed by atoms with Crippen molar-refractivity contribution in [2.24, 2.45) is 0 Å². The fourth-order valence-corrected chi connectivity index (χ4v) is 3.25. The molecule has 1 rings (SSSR count). The molecule has 1 aliphatic rings. The molecule has 0 aromatic heterocycles. The third-order valence-electron chi connectivity index (χ3n) is 2.24. The van der Waals surface area contributed by atoms with Crippen LogP contribution in [0.1, 0.15) is 26.2 Å². The van der Waals surface area contributed by atoms with Gasteiger partial charge < -0.3 is 9.16 Å². The Morgan fingerprint density at radius 2 is 1.92 bits per heavy atom. The van der Waals surface area contributed by atoms with Crippen LogP contribution in [0.4, 0.5) is 0 Å². The first-order chi connectivity index (χ1) is 5.97. The third kappa shape index (κ3) is 3.41. The second-order valence-electron chi connectivity index (χ2n) is 4.99. The molecule has 1 aliphatic heterocycles. The molecule has 0 spiro atoms. The van der Waals surface area contributed by atoms with Crippen molar-refractivity contribution in [1.29, 1.82) is 0 Å². The molecular weight excluding hydrogens is 180 g/mol. The van der Waals surface area contributed by atoms with Crippen molar-refractivity contribution in [3.63, 3.8) is 0 Å². The monoisotopic (exact) mass is 202 g/mol. The van der Waals surface area contributed by atoms with Gasteiger partial charge in [-0.3, -0.25) is 0 Å². The summed E-state index contributed by atoms with van der Waals surface area (Å²) in [7, 11) is -1.39. The predicted octanol–water partition coefficient (Wildman–Crippen LogP) is 2.80. The summed E-state index contributed by atoms with van der Waals surface area (Å²) < 4.78 is 11.5. The number of unbranched alkanes of at least 4 members (excludes halogenated alkanes) is 1. The fourth-order valence-electron chi connectivity index (χ4n) is 1.73. The van der Waals surface area contributed by atoms with Crippen LogP contribution < -0.4 is 0 Å². The summed E-state index contributed by atoms with van der Waals surface area (Å²) in [5, 5.41) is 0. The molecule has 0 aromatic rings. The van der Waals surface area contributed by atoms with Crippen molar-refractivity contribution in [1.82, 2.24) is 0 Å². The Kier molecular flexibility index (Phi) is 3.55. The van der Waals surface area contributed by atoms with Crippen molar-refractivity contribution in [3.8, 4) is 0 Å². The zero-order valence-corrected chi connectivity index (χ0v) is 10.4. The summed E-state index contributed by atoms with van der Waals surface area (Å²) in [4.78, 5) is 0. The second kappa shape index (κ2) is 4.11. The Morgan fingerprint density at radius 3 is 2.23 bits per heavy atom. The molecule has 0 saturated carbocycles. The van der Waals surface area contributed by atoms with E-state index < -0.39 is 8.32 Å². The molecule has 1 heterocycles. The minimum absolute atomic E-state index is 0.0977. The molecule has 1 fully saturated rings. The Balaban J connectivity index is 2.40. The van der Waals surface area contributed by atoms with Crippen molar-refractivity contribution < 1.29 is 9.16 Å². The van der Waals surface area contributed by atoms with Crippen LogP contribution in [0.2, 0.25) is 19.6 Å². The Hall–Kier alpha value is 0.137. The van der Waals surface area contributed by atoms with E-state index in [2.05, 4.69) is 26.6 Å². The number of hydrogen-bond acceptors (Lipinski definition) is 2. The van der Waals surface area contributed by atoms with Gasteiger partial charge in [-0.25, -0.2) is 0 Å². The van der Waals surface area contributed by atoms with Gasteiger partial charge in [0.25, 0.3) is 0 Å². The lowest BCUT2D eigenvalue weighted by atomic mass is 9.95. The highest BCUT2D eigenvalue weighted by Gasteiger charge is 2.42. The van der Waals surface area contributed by atoms with Crippen LogP contribution in [0, 0.1) is 0 Å². The van der Waals surface area contributed by atoms with E-state index in [0.717, 1.165) is 13.2 Å². The highest BCUT2D eigenvalue weighted by atomic mass is 28.4. The third-order valence-corrected chi connectivity index (χ3v) is 3.28. The second-order valence-corrected chi connectivity index (χ2v) is 9.42. The van der Waals surface area contributed by atoms with E-state index in [0.29, 0.717) is 0 Å². The zero-order valence-electron chi connectivity index (χ0n) is 9.35. The first-order valence-corrected chi connectivity index (χ1v) is 8.66. The lowest BCUT2D eigenvalue weighted by Gasteiger charge is -2.45. The maximum Gasteiger partial charge on any atom is 0.184 e. The molecule has 2 nitrogen and oxygen atoms in total. The van der Waals surface area contributed by atoms with E-state index in [1.165, 1.54) is 19.3 Å². The highest BCUT2D eigenvalue weighted by Crippen LogP contribution is 2.31. The molecule has 0 atom stereocenters. The Bertz CT molecular complexity index is 159.